The van der Waals surface area contributed by atoms with Crippen LogP contribution in [0.25, 0.3) is 0 Å². The molecule has 0 aromatic rings. The van der Waals surface area contributed by atoms with Gasteiger partial charge < -0.3 is 0 Å². The van der Waals surface area contributed by atoms with Crippen molar-refractivity contribution < 1.29 is 8.42 Å². The molecule has 2 rings (SSSR count). The van der Waals surface area contributed by atoms with E-state index >= 15 is 0 Å². The van der Waals surface area contributed by atoms with Crippen molar-refractivity contribution in [2.24, 2.45) is 11.8 Å². The summed E-state index contributed by atoms with van der Waals surface area (Å²) in [6.07, 6.45) is 3.04. The molecule has 0 aromatic heterocycles. The SMILES string of the molecule is CC1CCN(S(=O)(=O)CC2CC2)CC1Cl. The first kappa shape index (κ1) is 11.7. The van der Waals surface area contributed by atoms with Gasteiger partial charge in [-0.1, -0.05) is 6.92 Å². The highest BCUT2D eigenvalue weighted by atomic mass is 35.5. The fraction of sp³-hybridized carbons (Fsp3) is 1.00. The maximum absolute atomic E-state index is 12.0. The van der Waals surface area contributed by atoms with Gasteiger partial charge in [0.25, 0.3) is 0 Å². The summed E-state index contributed by atoms with van der Waals surface area (Å²) < 4.78 is 25.5. The lowest BCUT2D eigenvalue weighted by molar-refractivity contribution is 0.293. The summed E-state index contributed by atoms with van der Waals surface area (Å²) in [5, 5.41) is -0.0206. The second kappa shape index (κ2) is 4.22. The molecule has 0 bridgehead atoms. The molecule has 0 N–H and O–H groups in total. The lowest BCUT2D eigenvalue weighted by Gasteiger charge is -2.33. The van der Waals surface area contributed by atoms with Crippen molar-refractivity contribution in [2.75, 3.05) is 18.8 Å². The molecule has 1 aliphatic carbocycles. The Bertz CT molecular complexity index is 326. The molecule has 2 unspecified atom stereocenters. The first-order valence-electron chi connectivity index (χ1n) is 5.61. The molecule has 1 aliphatic heterocycles. The van der Waals surface area contributed by atoms with E-state index in [1.165, 1.54) is 0 Å². The predicted octanol–water partition coefficient (Wildman–Crippen LogP) is 1.68. The molecule has 0 amide bonds. The number of alkyl halides is 1. The van der Waals surface area contributed by atoms with Gasteiger partial charge in [-0.25, -0.2) is 12.7 Å². The van der Waals surface area contributed by atoms with E-state index in [4.69, 9.17) is 11.6 Å². The highest BCUT2D eigenvalue weighted by molar-refractivity contribution is 7.89. The topological polar surface area (TPSA) is 37.4 Å². The van der Waals surface area contributed by atoms with Gasteiger partial charge in [0.1, 0.15) is 0 Å². The Labute approximate surface area is 96.8 Å². The van der Waals surface area contributed by atoms with E-state index in [1.54, 1.807) is 4.31 Å². The minimum atomic E-state index is -3.03. The number of rotatable bonds is 3. The number of nitrogens with zero attached hydrogens (tertiary/aromatic N) is 1. The maximum atomic E-state index is 12.0. The van der Waals surface area contributed by atoms with Gasteiger partial charge in [-0.2, -0.15) is 0 Å². The van der Waals surface area contributed by atoms with Gasteiger partial charge in [0.05, 0.1) is 5.75 Å². The lowest BCUT2D eigenvalue weighted by atomic mass is 10.0. The van der Waals surface area contributed by atoms with E-state index in [1.807, 2.05) is 0 Å². The van der Waals surface area contributed by atoms with Crippen LogP contribution < -0.4 is 0 Å². The highest BCUT2D eigenvalue weighted by Crippen LogP contribution is 2.32. The number of sulfonamides is 1. The number of halogens is 1. The van der Waals surface area contributed by atoms with Gasteiger partial charge in [0.2, 0.25) is 10.0 Å². The van der Waals surface area contributed by atoms with Crippen LogP contribution in [0.3, 0.4) is 0 Å². The van der Waals surface area contributed by atoms with Crippen molar-refractivity contribution in [2.45, 2.75) is 31.6 Å². The summed E-state index contributed by atoms with van der Waals surface area (Å²) in [4.78, 5) is 0. The van der Waals surface area contributed by atoms with Crippen molar-refractivity contribution in [3.05, 3.63) is 0 Å². The zero-order chi connectivity index (χ0) is 11.1. The van der Waals surface area contributed by atoms with E-state index < -0.39 is 10.0 Å². The lowest BCUT2D eigenvalue weighted by Crippen LogP contribution is -2.44. The normalized spacial score (nSPS) is 34.3. The van der Waals surface area contributed by atoms with Crippen LogP contribution in [0.1, 0.15) is 26.2 Å². The number of piperidine rings is 1. The Kier molecular flexibility index (Phi) is 3.29. The van der Waals surface area contributed by atoms with Gasteiger partial charge >= 0.3 is 0 Å². The van der Waals surface area contributed by atoms with E-state index in [-0.39, 0.29) is 5.38 Å². The smallest absolute Gasteiger partial charge is 0.212 e. The highest BCUT2D eigenvalue weighted by Gasteiger charge is 2.35. The molecule has 2 aliphatic rings. The van der Waals surface area contributed by atoms with Crippen molar-refractivity contribution in [3.63, 3.8) is 0 Å². The second-order valence-electron chi connectivity index (χ2n) is 4.86. The van der Waals surface area contributed by atoms with Crippen molar-refractivity contribution >= 4 is 21.6 Å². The Morgan fingerprint density at radius 3 is 2.53 bits per heavy atom. The minimum Gasteiger partial charge on any atom is -0.212 e. The molecule has 2 atom stereocenters. The molecular formula is C10H18ClNO2S. The molecule has 5 heteroatoms. The van der Waals surface area contributed by atoms with Gasteiger partial charge in [-0.3, -0.25) is 0 Å². The largest absolute Gasteiger partial charge is 0.214 e. The third-order valence-corrected chi connectivity index (χ3v) is 5.95. The maximum Gasteiger partial charge on any atom is 0.214 e. The van der Waals surface area contributed by atoms with E-state index in [0.717, 1.165) is 19.3 Å². The van der Waals surface area contributed by atoms with Crippen LogP contribution in [0.2, 0.25) is 0 Å². The average molecular weight is 252 g/mol. The van der Waals surface area contributed by atoms with Crippen LogP contribution >= 0.6 is 11.6 Å². The summed E-state index contributed by atoms with van der Waals surface area (Å²) >= 11 is 6.11. The molecular weight excluding hydrogens is 234 g/mol. The summed E-state index contributed by atoms with van der Waals surface area (Å²) in [5.74, 6) is 1.19. The summed E-state index contributed by atoms with van der Waals surface area (Å²) in [6.45, 7) is 3.24. The molecule has 0 aromatic carbocycles. The van der Waals surface area contributed by atoms with Crippen molar-refractivity contribution in [3.8, 4) is 0 Å². The fourth-order valence-corrected chi connectivity index (χ4v) is 4.22. The monoisotopic (exact) mass is 251 g/mol. The van der Waals surface area contributed by atoms with Gasteiger partial charge in [-0.05, 0) is 31.1 Å². The van der Waals surface area contributed by atoms with Gasteiger partial charge in [0.15, 0.2) is 0 Å². The third-order valence-electron chi connectivity index (χ3n) is 3.37. The molecule has 1 saturated heterocycles. The standard InChI is InChI=1S/C10H18ClNO2S/c1-8-4-5-12(6-10(8)11)15(13,14)7-9-2-3-9/h8-10H,2-7H2,1H3. The van der Waals surface area contributed by atoms with Crippen LogP contribution in [0.5, 0.6) is 0 Å². The van der Waals surface area contributed by atoms with Crippen LogP contribution in [0.15, 0.2) is 0 Å². The van der Waals surface area contributed by atoms with Gasteiger partial charge in [0, 0.05) is 18.5 Å². The summed E-state index contributed by atoms with van der Waals surface area (Å²) in [6, 6.07) is 0. The van der Waals surface area contributed by atoms with Crippen molar-refractivity contribution in [1.29, 1.82) is 0 Å². The minimum absolute atomic E-state index is 0.0206. The molecule has 15 heavy (non-hydrogen) atoms. The zero-order valence-electron chi connectivity index (χ0n) is 9.02. The van der Waals surface area contributed by atoms with Gasteiger partial charge in [-0.15, -0.1) is 11.6 Å². The van der Waals surface area contributed by atoms with Crippen LogP contribution in [0.4, 0.5) is 0 Å². The second-order valence-corrected chi connectivity index (χ2v) is 7.44. The van der Waals surface area contributed by atoms with Crippen LogP contribution in [-0.2, 0) is 10.0 Å². The first-order chi connectivity index (χ1) is 6.99. The summed E-state index contributed by atoms with van der Waals surface area (Å²) in [5.41, 5.74) is 0. The summed E-state index contributed by atoms with van der Waals surface area (Å²) in [7, 11) is -3.03. The molecule has 2 fully saturated rings. The average Bonchev–Trinajstić information content (AvgIpc) is 2.92. The number of hydrogen-bond donors (Lipinski definition) is 0. The molecule has 0 radical (unpaired) electrons. The Balaban J connectivity index is 1.97. The van der Waals surface area contributed by atoms with E-state index in [2.05, 4.69) is 6.92 Å². The fourth-order valence-electron chi connectivity index (χ4n) is 1.93. The first-order valence-corrected chi connectivity index (χ1v) is 7.65. The molecule has 3 nitrogen and oxygen atoms in total. The van der Waals surface area contributed by atoms with E-state index in [0.29, 0.717) is 30.7 Å². The molecule has 1 heterocycles. The quantitative estimate of drug-likeness (QED) is 0.716. The molecule has 0 spiro atoms. The number of hydrogen-bond acceptors (Lipinski definition) is 2. The molecule has 88 valence electrons. The van der Waals surface area contributed by atoms with Crippen LogP contribution in [0, 0.1) is 11.8 Å². The zero-order valence-corrected chi connectivity index (χ0v) is 10.6. The van der Waals surface area contributed by atoms with E-state index in [9.17, 15) is 8.42 Å². The Morgan fingerprint density at radius 1 is 1.33 bits per heavy atom. The Hall–Kier alpha value is 0.200. The Morgan fingerprint density at radius 2 is 2.00 bits per heavy atom. The van der Waals surface area contributed by atoms with Crippen LogP contribution in [-0.4, -0.2) is 36.9 Å². The molecule has 1 saturated carbocycles. The van der Waals surface area contributed by atoms with Crippen molar-refractivity contribution in [1.82, 2.24) is 4.31 Å². The third kappa shape index (κ3) is 2.86. The predicted molar refractivity (Wildman–Crippen MR) is 61.5 cm³/mol.